The van der Waals surface area contributed by atoms with Gasteiger partial charge in [0.1, 0.15) is 0 Å². The Labute approximate surface area is 110 Å². The van der Waals surface area contributed by atoms with Crippen molar-refractivity contribution >= 4 is 34.2 Å². The molecular weight excluding hydrogens is 250 g/mol. The molecule has 0 unspecified atom stereocenters. The quantitative estimate of drug-likeness (QED) is 0.837. The summed E-state index contributed by atoms with van der Waals surface area (Å²) in [5.41, 5.74) is 2.41. The van der Waals surface area contributed by atoms with Crippen LogP contribution in [-0.4, -0.2) is 23.4 Å². The summed E-state index contributed by atoms with van der Waals surface area (Å²) >= 11 is 5.50. The predicted molar refractivity (Wildman–Crippen MR) is 74.2 cm³/mol. The Morgan fingerprint density at radius 3 is 2.94 bits per heavy atom. The predicted octanol–water partition coefficient (Wildman–Crippen LogP) is 2.90. The highest BCUT2D eigenvalue weighted by molar-refractivity contribution is 6.18. The standard InChI is InChI=1S/C13H14ClN3O/c1-9-12(17-13(18)15-7-6-14)8-10-4-2-3-5-11(10)16-9/h2-5,8H,6-7H2,1H3,(H2,15,17,18). The van der Waals surface area contributed by atoms with E-state index in [1.54, 1.807) is 0 Å². The van der Waals surface area contributed by atoms with Crippen molar-refractivity contribution < 1.29 is 4.79 Å². The molecule has 5 heteroatoms. The van der Waals surface area contributed by atoms with Crippen LogP contribution in [0.3, 0.4) is 0 Å². The average Bonchev–Trinajstić information content (AvgIpc) is 2.37. The molecule has 1 heterocycles. The topological polar surface area (TPSA) is 54.0 Å². The van der Waals surface area contributed by atoms with Crippen LogP contribution in [0.4, 0.5) is 10.5 Å². The third-order valence-electron chi connectivity index (χ3n) is 2.54. The zero-order valence-electron chi connectivity index (χ0n) is 10.0. The normalized spacial score (nSPS) is 10.3. The molecule has 1 aromatic carbocycles. The summed E-state index contributed by atoms with van der Waals surface area (Å²) in [5.74, 6) is 0.391. The van der Waals surface area contributed by atoms with E-state index >= 15 is 0 Å². The van der Waals surface area contributed by atoms with Crippen LogP contribution in [0.25, 0.3) is 10.9 Å². The molecule has 0 spiro atoms. The van der Waals surface area contributed by atoms with Gasteiger partial charge in [-0.05, 0) is 19.1 Å². The van der Waals surface area contributed by atoms with E-state index in [0.29, 0.717) is 18.1 Å². The molecule has 94 valence electrons. The maximum absolute atomic E-state index is 11.6. The van der Waals surface area contributed by atoms with E-state index in [2.05, 4.69) is 15.6 Å². The largest absolute Gasteiger partial charge is 0.337 e. The molecular formula is C13H14ClN3O. The van der Waals surface area contributed by atoms with E-state index in [0.717, 1.165) is 16.6 Å². The highest BCUT2D eigenvalue weighted by atomic mass is 35.5. The fourth-order valence-electron chi connectivity index (χ4n) is 1.67. The second-order valence-electron chi connectivity index (χ2n) is 3.88. The Bertz CT molecular complexity index is 571. The lowest BCUT2D eigenvalue weighted by atomic mass is 10.2. The molecule has 0 aliphatic heterocycles. The van der Waals surface area contributed by atoms with Crippen LogP contribution in [0.5, 0.6) is 0 Å². The van der Waals surface area contributed by atoms with Gasteiger partial charge >= 0.3 is 6.03 Å². The number of rotatable bonds is 3. The molecule has 0 fully saturated rings. The lowest BCUT2D eigenvalue weighted by molar-refractivity contribution is 0.252. The molecule has 4 nitrogen and oxygen atoms in total. The van der Waals surface area contributed by atoms with Gasteiger partial charge in [0.25, 0.3) is 0 Å². The molecule has 0 radical (unpaired) electrons. The lowest BCUT2D eigenvalue weighted by Crippen LogP contribution is -2.30. The molecule has 2 rings (SSSR count). The summed E-state index contributed by atoms with van der Waals surface area (Å²) in [4.78, 5) is 16.0. The maximum atomic E-state index is 11.6. The fourth-order valence-corrected chi connectivity index (χ4v) is 1.76. The van der Waals surface area contributed by atoms with Crippen LogP contribution >= 0.6 is 11.6 Å². The van der Waals surface area contributed by atoms with Crippen LogP contribution in [-0.2, 0) is 0 Å². The van der Waals surface area contributed by atoms with Crippen molar-refractivity contribution in [1.29, 1.82) is 0 Å². The second kappa shape index (κ2) is 5.69. The van der Waals surface area contributed by atoms with Crippen molar-refractivity contribution in [2.24, 2.45) is 0 Å². The first kappa shape index (κ1) is 12.6. The fraction of sp³-hybridized carbons (Fsp3) is 0.231. The van der Waals surface area contributed by atoms with Crippen LogP contribution in [0, 0.1) is 6.92 Å². The Morgan fingerprint density at radius 1 is 1.39 bits per heavy atom. The molecule has 0 atom stereocenters. The van der Waals surface area contributed by atoms with Gasteiger partial charge in [-0.3, -0.25) is 4.98 Å². The number of aryl methyl sites for hydroxylation is 1. The number of hydrogen-bond acceptors (Lipinski definition) is 2. The van der Waals surface area contributed by atoms with Crippen molar-refractivity contribution in [3.8, 4) is 0 Å². The van der Waals surface area contributed by atoms with Gasteiger partial charge in [-0.15, -0.1) is 11.6 Å². The number of fused-ring (bicyclic) bond motifs is 1. The zero-order valence-corrected chi connectivity index (χ0v) is 10.8. The summed E-state index contributed by atoms with van der Waals surface area (Å²) in [6, 6.07) is 9.43. The Morgan fingerprint density at radius 2 is 2.17 bits per heavy atom. The van der Waals surface area contributed by atoms with E-state index in [4.69, 9.17) is 11.6 Å². The highest BCUT2D eigenvalue weighted by Gasteiger charge is 2.06. The minimum Gasteiger partial charge on any atom is -0.337 e. The number of benzene rings is 1. The highest BCUT2D eigenvalue weighted by Crippen LogP contribution is 2.19. The average molecular weight is 264 g/mol. The van der Waals surface area contributed by atoms with E-state index in [9.17, 15) is 4.79 Å². The number of halogens is 1. The first-order chi connectivity index (χ1) is 8.70. The molecule has 0 saturated heterocycles. The van der Waals surface area contributed by atoms with Crippen molar-refractivity contribution in [3.05, 3.63) is 36.0 Å². The van der Waals surface area contributed by atoms with Gasteiger partial charge < -0.3 is 10.6 Å². The molecule has 18 heavy (non-hydrogen) atoms. The first-order valence-corrected chi connectivity index (χ1v) is 6.21. The van der Waals surface area contributed by atoms with Crippen LogP contribution in [0.2, 0.25) is 0 Å². The maximum Gasteiger partial charge on any atom is 0.319 e. The number of urea groups is 1. The van der Waals surface area contributed by atoms with Crippen molar-refractivity contribution in [2.75, 3.05) is 17.7 Å². The second-order valence-corrected chi connectivity index (χ2v) is 4.26. The SMILES string of the molecule is Cc1nc2ccccc2cc1NC(=O)NCCCl. The van der Waals surface area contributed by atoms with Gasteiger partial charge in [-0.25, -0.2) is 4.79 Å². The molecule has 2 aromatic rings. The van der Waals surface area contributed by atoms with Gasteiger partial charge in [0.2, 0.25) is 0 Å². The third-order valence-corrected chi connectivity index (χ3v) is 2.73. The number of nitrogens with zero attached hydrogens (tertiary/aromatic N) is 1. The summed E-state index contributed by atoms with van der Waals surface area (Å²) in [7, 11) is 0. The van der Waals surface area contributed by atoms with E-state index in [-0.39, 0.29) is 6.03 Å². The summed E-state index contributed by atoms with van der Waals surface area (Å²) in [5, 5.41) is 6.41. The van der Waals surface area contributed by atoms with Gasteiger partial charge in [-0.1, -0.05) is 18.2 Å². The summed E-state index contributed by atoms with van der Waals surface area (Å²) in [6.45, 7) is 2.30. The van der Waals surface area contributed by atoms with E-state index in [1.165, 1.54) is 0 Å². The third kappa shape index (κ3) is 2.90. The molecule has 0 aliphatic rings. The number of alkyl halides is 1. The number of hydrogen-bond donors (Lipinski definition) is 2. The smallest absolute Gasteiger partial charge is 0.319 e. The number of pyridine rings is 1. The number of amides is 2. The summed E-state index contributed by atoms with van der Waals surface area (Å²) < 4.78 is 0. The number of aromatic nitrogens is 1. The van der Waals surface area contributed by atoms with Crippen LogP contribution < -0.4 is 10.6 Å². The van der Waals surface area contributed by atoms with E-state index in [1.807, 2.05) is 37.3 Å². The zero-order chi connectivity index (χ0) is 13.0. The van der Waals surface area contributed by atoms with Gasteiger partial charge in [0, 0.05) is 17.8 Å². The Hall–Kier alpha value is -1.81. The van der Waals surface area contributed by atoms with Gasteiger partial charge in [0.15, 0.2) is 0 Å². The van der Waals surface area contributed by atoms with Crippen LogP contribution in [0.15, 0.2) is 30.3 Å². The van der Waals surface area contributed by atoms with E-state index < -0.39 is 0 Å². The monoisotopic (exact) mass is 263 g/mol. The molecule has 0 aliphatic carbocycles. The molecule has 0 saturated carbocycles. The number of carbonyl (C=O) groups is 1. The lowest BCUT2D eigenvalue weighted by Gasteiger charge is -2.09. The molecule has 0 bridgehead atoms. The van der Waals surface area contributed by atoms with Gasteiger partial charge in [-0.2, -0.15) is 0 Å². The number of anilines is 1. The minimum absolute atomic E-state index is 0.268. The van der Waals surface area contributed by atoms with Crippen molar-refractivity contribution in [3.63, 3.8) is 0 Å². The molecule has 2 N–H and O–H groups in total. The van der Waals surface area contributed by atoms with Crippen molar-refractivity contribution in [2.45, 2.75) is 6.92 Å². The number of para-hydroxylation sites is 1. The Balaban J connectivity index is 2.22. The Kier molecular flexibility index (Phi) is 3.99. The minimum atomic E-state index is -0.268. The van der Waals surface area contributed by atoms with Gasteiger partial charge in [0.05, 0.1) is 16.9 Å². The van der Waals surface area contributed by atoms with Crippen LogP contribution in [0.1, 0.15) is 5.69 Å². The summed E-state index contributed by atoms with van der Waals surface area (Å²) in [6.07, 6.45) is 0. The molecule has 1 aromatic heterocycles. The number of carbonyl (C=O) groups excluding carboxylic acids is 1. The first-order valence-electron chi connectivity index (χ1n) is 5.68. The number of nitrogens with one attached hydrogen (secondary N) is 2. The molecule has 2 amide bonds. The van der Waals surface area contributed by atoms with Crippen molar-refractivity contribution in [1.82, 2.24) is 10.3 Å².